The average molecular weight is 305 g/mol. The molecule has 0 aliphatic carbocycles. The van der Waals surface area contributed by atoms with Crippen LogP contribution in [0.4, 0.5) is 5.69 Å². The molecule has 0 aliphatic heterocycles. The molecule has 0 atom stereocenters. The Morgan fingerprint density at radius 3 is 3.05 bits per heavy atom. The van der Waals surface area contributed by atoms with Crippen molar-refractivity contribution in [1.29, 1.82) is 0 Å². The lowest BCUT2D eigenvalue weighted by molar-refractivity contribution is -0.384. The number of non-ortho nitro benzene ring substituents is 1. The molecule has 1 aromatic carbocycles. The lowest BCUT2D eigenvalue weighted by Crippen LogP contribution is -2.01. The van der Waals surface area contributed by atoms with Crippen molar-refractivity contribution in [3.8, 4) is 10.6 Å². The van der Waals surface area contributed by atoms with Crippen molar-refractivity contribution < 1.29 is 9.66 Å². The number of fused-ring (bicyclic) bond motifs is 1. The minimum atomic E-state index is -0.423. The molecule has 0 unspecified atom stereocenters. The molecule has 3 rings (SSSR count). The van der Waals surface area contributed by atoms with Crippen molar-refractivity contribution in [2.45, 2.75) is 6.42 Å². The Labute approximate surface area is 123 Å². The molecule has 3 aromatic rings. The van der Waals surface area contributed by atoms with Crippen molar-refractivity contribution in [2.75, 3.05) is 13.7 Å². The van der Waals surface area contributed by atoms with Crippen molar-refractivity contribution in [2.24, 2.45) is 0 Å². The molecular weight excluding hydrogens is 294 g/mol. The number of benzene rings is 1. The number of ether oxygens (including phenoxy) is 1. The monoisotopic (exact) mass is 305 g/mol. The Morgan fingerprint density at radius 1 is 1.43 bits per heavy atom. The van der Waals surface area contributed by atoms with Crippen LogP contribution in [-0.2, 0) is 11.2 Å². The molecule has 0 fully saturated rings. The number of hydrogen-bond donors (Lipinski definition) is 0. The summed E-state index contributed by atoms with van der Waals surface area (Å²) in [5.74, 6) is 0.708. The van der Waals surface area contributed by atoms with Crippen LogP contribution in [0.25, 0.3) is 15.5 Å². The van der Waals surface area contributed by atoms with Gasteiger partial charge in [-0.1, -0.05) is 23.5 Å². The quantitative estimate of drug-likeness (QED) is 0.528. The molecule has 0 bridgehead atoms. The van der Waals surface area contributed by atoms with E-state index in [9.17, 15) is 10.1 Å². The van der Waals surface area contributed by atoms with Crippen LogP contribution in [0, 0.1) is 10.1 Å². The van der Waals surface area contributed by atoms with Crippen molar-refractivity contribution >= 4 is 22.0 Å². The summed E-state index contributed by atoms with van der Waals surface area (Å²) in [6, 6.07) is 6.38. The number of methoxy groups -OCH3 is 1. The lowest BCUT2D eigenvalue weighted by atomic mass is 10.2. The van der Waals surface area contributed by atoms with Gasteiger partial charge in [-0.15, -0.1) is 10.2 Å². The number of aromatic nitrogens is 4. The Morgan fingerprint density at radius 2 is 2.29 bits per heavy atom. The molecule has 21 heavy (non-hydrogen) atoms. The summed E-state index contributed by atoms with van der Waals surface area (Å²) in [5.41, 5.74) is 0.732. The van der Waals surface area contributed by atoms with Gasteiger partial charge in [0.25, 0.3) is 5.69 Å². The Kier molecular flexibility index (Phi) is 3.59. The summed E-state index contributed by atoms with van der Waals surface area (Å²) in [7, 11) is 1.62. The Hall–Kier alpha value is -2.39. The molecule has 2 heterocycles. The van der Waals surface area contributed by atoms with E-state index in [1.807, 2.05) is 0 Å². The van der Waals surface area contributed by atoms with E-state index in [0.29, 0.717) is 34.4 Å². The predicted octanol–water partition coefficient (Wildman–Crippen LogP) is 1.95. The maximum absolute atomic E-state index is 10.8. The van der Waals surface area contributed by atoms with E-state index in [1.165, 1.54) is 23.5 Å². The maximum atomic E-state index is 10.8. The van der Waals surface area contributed by atoms with Gasteiger partial charge in [-0.2, -0.15) is 9.61 Å². The van der Waals surface area contributed by atoms with Gasteiger partial charge in [0, 0.05) is 31.2 Å². The third-order valence-electron chi connectivity index (χ3n) is 2.89. The zero-order valence-corrected chi connectivity index (χ0v) is 11.9. The molecule has 0 saturated carbocycles. The van der Waals surface area contributed by atoms with E-state index >= 15 is 0 Å². The molecule has 8 nitrogen and oxygen atoms in total. The van der Waals surface area contributed by atoms with Crippen LogP contribution in [0.5, 0.6) is 0 Å². The van der Waals surface area contributed by atoms with Crippen molar-refractivity contribution in [3.63, 3.8) is 0 Å². The Bertz CT molecular complexity index is 797. The SMILES string of the molecule is COCCc1nnc2sc(-c3cccc([N+](=O)[O-])c3)nn12. The minimum absolute atomic E-state index is 0.0399. The third-order valence-corrected chi connectivity index (χ3v) is 3.84. The minimum Gasteiger partial charge on any atom is -0.384 e. The third kappa shape index (κ3) is 2.60. The molecule has 2 aromatic heterocycles. The first-order valence-electron chi connectivity index (χ1n) is 6.14. The zero-order chi connectivity index (χ0) is 14.8. The first kappa shape index (κ1) is 13.6. The highest BCUT2D eigenvalue weighted by Gasteiger charge is 2.14. The van der Waals surface area contributed by atoms with Gasteiger partial charge in [0.2, 0.25) is 4.96 Å². The van der Waals surface area contributed by atoms with Crippen LogP contribution in [0.1, 0.15) is 5.82 Å². The van der Waals surface area contributed by atoms with Crippen LogP contribution >= 0.6 is 11.3 Å². The summed E-state index contributed by atoms with van der Waals surface area (Å²) < 4.78 is 6.67. The van der Waals surface area contributed by atoms with E-state index in [4.69, 9.17) is 4.74 Å². The highest BCUT2D eigenvalue weighted by atomic mass is 32.1. The maximum Gasteiger partial charge on any atom is 0.270 e. The van der Waals surface area contributed by atoms with E-state index in [1.54, 1.807) is 23.8 Å². The smallest absolute Gasteiger partial charge is 0.270 e. The standard InChI is InChI=1S/C12H11N5O3S/c1-20-6-5-10-13-14-12-16(10)15-11(21-12)8-3-2-4-9(7-8)17(18)19/h2-4,7H,5-6H2,1H3. The van der Waals surface area contributed by atoms with Crippen LogP contribution < -0.4 is 0 Å². The summed E-state index contributed by atoms with van der Waals surface area (Å²) in [5, 5.41) is 24.0. The normalized spacial score (nSPS) is 11.1. The van der Waals surface area contributed by atoms with E-state index in [2.05, 4.69) is 15.3 Å². The highest BCUT2D eigenvalue weighted by Crippen LogP contribution is 2.28. The van der Waals surface area contributed by atoms with E-state index in [0.717, 1.165) is 0 Å². The largest absolute Gasteiger partial charge is 0.384 e. The molecule has 0 radical (unpaired) electrons. The molecule has 0 N–H and O–H groups in total. The van der Waals surface area contributed by atoms with Gasteiger partial charge in [0.05, 0.1) is 11.5 Å². The molecule has 0 amide bonds. The summed E-state index contributed by atoms with van der Waals surface area (Å²) in [6.07, 6.45) is 0.607. The van der Waals surface area contributed by atoms with Gasteiger partial charge in [-0.3, -0.25) is 10.1 Å². The second-order valence-corrected chi connectivity index (χ2v) is 5.22. The number of rotatable bonds is 5. The number of hydrogen-bond acceptors (Lipinski definition) is 7. The molecule has 9 heteroatoms. The molecule has 0 saturated heterocycles. The van der Waals surface area contributed by atoms with Gasteiger partial charge >= 0.3 is 0 Å². The van der Waals surface area contributed by atoms with Crippen LogP contribution in [-0.4, -0.2) is 38.5 Å². The van der Waals surface area contributed by atoms with Crippen LogP contribution in [0.3, 0.4) is 0 Å². The number of nitro benzene ring substituents is 1. The first-order valence-corrected chi connectivity index (χ1v) is 6.95. The summed E-state index contributed by atoms with van der Waals surface area (Å²) in [4.78, 5) is 11.1. The van der Waals surface area contributed by atoms with E-state index in [-0.39, 0.29) is 5.69 Å². The molecule has 0 aliphatic rings. The van der Waals surface area contributed by atoms with Gasteiger partial charge in [0.1, 0.15) is 5.01 Å². The van der Waals surface area contributed by atoms with Gasteiger partial charge in [-0.25, -0.2) is 0 Å². The van der Waals surface area contributed by atoms with Gasteiger partial charge in [0.15, 0.2) is 5.82 Å². The topological polar surface area (TPSA) is 95.5 Å². The van der Waals surface area contributed by atoms with Crippen LogP contribution in [0.2, 0.25) is 0 Å². The van der Waals surface area contributed by atoms with Gasteiger partial charge in [-0.05, 0) is 0 Å². The first-order chi connectivity index (χ1) is 10.2. The summed E-state index contributed by atoms with van der Waals surface area (Å²) >= 11 is 1.34. The second-order valence-electron chi connectivity index (χ2n) is 4.27. The molecular formula is C12H11N5O3S. The fourth-order valence-corrected chi connectivity index (χ4v) is 2.73. The zero-order valence-electron chi connectivity index (χ0n) is 11.1. The second kappa shape index (κ2) is 5.54. The van der Waals surface area contributed by atoms with Crippen molar-refractivity contribution in [1.82, 2.24) is 19.8 Å². The van der Waals surface area contributed by atoms with Crippen LogP contribution in [0.15, 0.2) is 24.3 Å². The molecule has 108 valence electrons. The summed E-state index contributed by atoms with van der Waals surface area (Å²) in [6.45, 7) is 0.532. The lowest BCUT2D eigenvalue weighted by Gasteiger charge is -1.96. The fourth-order valence-electron chi connectivity index (χ4n) is 1.88. The van der Waals surface area contributed by atoms with E-state index < -0.39 is 4.92 Å². The fraction of sp³-hybridized carbons (Fsp3) is 0.250. The number of nitrogens with zero attached hydrogens (tertiary/aromatic N) is 5. The molecule has 0 spiro atoms. The van der Waals surface area contributed by atoms with Gasteiger partial charge < -0.3 is 4.74 Å². The Balaban J connectivity index is 1.99. The highest BCUT2D eigenvalue weighted by molar-refractivity contribution is 7.19. The van der Waals surface area contributed by atoms with Crippen molar-refractivity contribution in [3.05, 3.63) is 40.2 Å². The predicted molar refractivity (Wildman–Crippen MR) is 76.3 cm³/mol. The number of nitro groups is 1. The average Bonchev–Trinajstić information content (AvgIpc) is 3.06.